The van der Waals surface area contributed by atoms with Crippen molar-refractivity contribution in [2.45, 2.75) is 51.0 Å². The predicted molar refractivity (Wildman–Crippen MR) is 74.1 cm³/mol. The molecule has 1 amide bonds. The Kier molecular flexibility index (Phi) is 5.83. The van der Waals surface area contributed by atoms with Gasteiger partial charge in [-0.1, -0.05) is 32.1 Å². The van der Waals surface area contributed by atoms with E-state index in [9.17, 15) is 9.59 Å². The van der Waals surface area contributed by atoms with Crippen molar-refractivity contribution in [3.63, 3.8) is 0 Å². The third kappa shape index (κ3) is 3.95. The average molecular weight is 283 g/mol. The summed E-state index contributed by atoms with van der Waals surface area (Å²) in [6.07, 6.45) is 7.39. The summed E-state index contributed by atoms with van der Waals surface area (Å²) in [5.41, 5.74) is 0. The summed E-state index contributed by atoms with van der Waals surface area (Å²) in [7, 11) is 1.35. The lowest BCUT2D eigenvalue weighted by molar-refractivity contribution is -0.163. The quantitative estimate of drug-likeness (QED) is 0.724. The molecule has 2 rings (SSSR count). The highest BCUT2D eigenvalue weighted by atomic mass is 16.6. The first-order valence-electron chi connectivity index (χ1n) is 7.70. The number of carbonyl (C=O) groups is 2. The zero-order valence-electron chi connectivity index (χ0n) is 12.3. The molecular formula is C15H25NO4. The fourth-order valence-corrected chi connectivity index (χ4v) is 3.08. The van der Waals surface area contributed by atoms with E-state index in [1.807, 2.05) is 0 Å². The molecule has 0 N–H and O–H groups in total. The molecule has 5 heteroatoms. The molecule has 0 aromatic rings. The van der Waals surface area contributed by atoms with Crippen LogP contribution in [0.2, 0.25) is 0 Å². The second-order valence-corrected chi connectivity index (χ2v) is 5.71. The lowest BCUT2D eigenvalue weighted by atomic mass is 9.90. The van der Waals surface area contributed by atoms with Crippen molar-refractivity contribution in [2.24, 2.45) is 5.92 Å². The fraction of sp³-hybridized carbons (Fsp3) is 0.867. The maximum absolute atomic E-state index is 12.6. The number of amides is 1. The van der Waals surface area contributed by atoms with Gasteiger partial charge in [0.25, 0.3) is 0 Å². The Morgan fingerprint density at radius 3 is 2.40 bits per heavy atom. The van der Waals surface area contributed by atoms with Gasteiger partial charge < -0.3 is 14.4 Å². The van der Waals surface area contributed by atoms with Gasteiger partial charge in [0.2, 0.25) is 5.91 Å². The summed E-state index contributed by atoms with van der Waals surface area (Å²) in [6, 6.07) is 0. The average Bonchev–Trinajstić information content (AvgIpc) is 2.45. The van der Waals surface area contributed by atoms with E-state index in [0.29, 0.717) is 19.7 Å². The van der Waals surface area contributed by atoms with Crippen molar-refractivity contribution in [2.75, 3.05) is 26.8 Å². The molecule has 2 fully saturated rings. The van der Waals surface area contributed by atoms with E-state index in [4.69, 9.17) is 9.47 Å². The van der Waals surface area contributed by atoms with Gasteiger partial charge in [0.15, 0.2) is 6.10 Å². The van der Waals surface area contributed by atoms with Crippen LogP contribution in [0.15, 0.2) is 0 Å². The van der Waals surface area contributed by atoms with E-state index >= 15 is 0 Å². The van der Waals surface area contributed by atoms with Gasteiger partial charge in [0.05, 0.1) is 20.3 Å². The highest BCUT2D eigenvalue weighted by molar-refractivity contribution is 5.81. The first kappa shape index (κ1) is 15.3. The smallest absolute Gasteiger partial charge is 0.336 e. The Morgan fingerprint density at radius 2 is 1.75 bits per heavy atom. The summed E-state index contributed by atoms with van der Waals surface area (Å²) in [4.78, 5) is 25.9. The zero-order valence-corrected chi connectivity index (χ0v) is 12.3. The Balaban J connectivity index is 1.91. The molecule has 1 aliphatic carbocycles. The lowest BCUT2D eigenvalue weighted by Crippen LogP contribution is -2.50. The van der Waals surface area contributed by atoms with Gasteiger partial charge in [0, 0.05) is 12.5 Å². The molecule has 1 aliphatic heterocycles. The van der Waals surface area contributed by atoms with Gasteiger partial charge in [-0.3, -0.25) is 4.79 Å². The molecule has 0 radical (unpaired) electrons. The van der Waals surface area contributed by atoms with Crippen LogP contribution in [0.5, 0.6) is 0 Å². The Bertz CT molecular complexity index is 337. The maximum atomic E-state index is 12.6. The normalized spacial score (nSPS) is 25.6. The number of ether oxygens (including phenoxy) is 2. The fourth-order valence-electron chi connectivity index (χ4n) is 3.08. The van der Waals surface area contributed by atoms with Gasteiger partial charge >= 0.3 is 5.97 Å². The van der Waals surface area contributed by atoms with Crippen LogP contribution in [-0.4, -0.2) is 49.7 Å². The largest absolute Gasteiger partial charge is 0.467 e. The molecule has 5 nitrogen and oxygen atoms in total. The highest BCUT2D eigenvalue weighted by Crippen LogP contribution is 2.24. The van der Waals surface area contributed by atoms with Crippen LogP contribution in [0.3, 0.4) is 0 Å². The first-order valence-corrected chi connectivity index (χ1v) is 7.70. The number of methoxy groups -OCH3 is 1. The van der Waals surface area contributed by atoms with Crippen LogP contribution < -0.4 is 0 Å². The minimum atomic E-state index is -0.619. The molecule has 1 saturated carbocycles. The van der Waals surface area contributed by atoms with E-state index in [1.54, 1.807) is 4.90 Å². The Morgan fingerprint density at radius 1 is 1.10 bits per heavy atom. The van der Waals surface area contributed by atoms with Crippen LogP contribution in [0.4, 0.5) is 0 Å². The third-order valence-corrected chi connectivity index (χ3v) is 4.30. The van der Waals surface area contributed by atoms with Gasteiger partial charge in [-0.05, 0) is 12.8 Å². The minimum absolute atomic E-state index is 0.131. The van der Waals surface area contributed by atoms with Crippen LogP contribution in [0, 0.1) is 5.92 Å². The summed E-state index contributed by atoms with van der Waals surface area (Å²) in [6.45, 7) is 1.34. The van der Waals surface area contributed by atoms with E-state index < -0.39 is 6.10 Å². The number of rotatable bonds is 2. The summed E-state index contributed by atoms with van der Waals surface area (Å²) in [5.74, 6) is -0.0593. The molecule has 0 bridgehead atoms. The van der Waals surface area contributed by atoms with Crippen LogP contribution in [0.25, 0.3) is 0 Å². The topological polar surface area (TPSA) is 55.8 Å². The Hall–Kier alpha value is -1.10. The molecule has 114 valence electrons. The van der Waals surface area contributed by atoms with Crippen LogP contribution in [0.1, 0.15) is 44.9 Å². The van der Waals surface area contributed by atoms with Crippen molar-refractivity contribution in [3.8, 4) is 0 Å². The second kappa shape index (κ2) is 7.62. The van der Waals surface area contributed by atoms with Gasteiger partial charge in [-0.15, -0.1) is 0 Å². The zero-order chi connectivity index (χ0) is 14.4. The number of morpholine rings is 1. The molecule has 0 aromatic heterocycles. The van der Waals surface area contributed by atoms with Crippen molar-refractivity contribution in [1.82, 2.24) is 4.90 Å². The number of nitrogens with zero attached hydrogens (tertiary/aromatic N) is 1. The van der Waals surface area contributed by atoms with E-state index in [1.165, 1.54) is 26.4 Å². The van der Waals surface area contributed by atoms with Crippen molar-refractivity contribution < 1.29 is 19.1 Å². The molecular weight excluding hydrogens is 258 g/mol. The lowest BCUT2D eigenvalue weighted by Gasteiger charge is -2.34. The van der Waals surface area contributed by atoms with Crippen molar-refractivity contribution in [1.29, 1.82) is 0 Å². The van der Waals surface area contributed by atoms with Crippen LogP contribution >= 0.6 is 0 Å². The van der Waals surface area contributed by atoms with Gasteiger partial charge in [0.1, 0.15) is 0 Å². The number of hydrogen-bond acceptors (Lipinski definition) is 4. The molecule has 1 heterocycles. The molecule has 1 saturated heterocycles. The van der Waals surface area contributed by atoms with E-state index in [2.05, 4.69) is 0 Å². The number of carbonyl (C=O) groups excluding carboxylic acids is 2. The van der Waals surface area contributed by atoms with Gasteiger partial charge in [-0.25, -0.2) is 4.79 Å². The predicted octanol–water partition coefficient (Wildman–Crippen LogP) is 1.75. The summed E-state index contributed by atoms with van der Waals surface area (Å²) >= 11 is 0. The minimum Gasteiger partial charge on any atom is -0.467 e. The second-order valence-electron chi connectivity index (χ2n) is 5.71. The van der Waals surface area contributed by atoms with Crippen LogP contribution in [-0.2, 0) is 19.1 Å². The maximum Gasteiger partial charge on any atom is 0.336 e. The SMILES string of the molecule is COC(=O)C1CN(C(=O)C2CCCCCCC2)CCO1. The monoisotopic (exact) mass is 283 g/mol. The molecule has 0 aromatic carbocycles. The van der Waals surface area contributed by atoms with E-state index in [0.717, 1.165) is 25.7 Å². The molecule has 20 heavy (non-hydrogen) atoms. The standard InChI is InChI=1S/C15H25NO4/c1-19-15(18)13-11-16(9-10-20-13)14(17)12-7-5-3-2-4-6-8-12/h12-13H,2-11H2,1H3. The number of hydrogen-bond donors (Lipinski definition) is 0. The third-order valence-electron chi connectivity index (χ3n) is 4.30. The molecule has 1 unspecified atom stereocenters. The highest BCUT2D eigenvalue weighted by Gasteiger charge is 2.32. The van der Waals surface area contributed by atoms with E-state index in [-0.39, 0.29) is 17.8 Å². The molecule has 2 aliphatic rings. The summed E-state index contributed by atoms with van der Waals surface area (Å²) in [5, 5.41) is 0. The number of esters is 1. The molecule has 1 atom stereocenters. The summed E-state index contributed by atoms with van der Waals surface area (Å²) < 4.78 is 10.1. The Labute approximate surface area is 120 Å². The van der Waals surface area contributed by atoms with Crippen molar-refractivity contribution in [3.05, 3.63) is 0 Å². The van der Waals surface area contributed by atoms with Gasteiger partial charge in [-0.2, -0.15) is 0 Å². The molecule has 0 spiro atoms. The van der Waals surface area contributed by atoms with Crippen molar-refractivity contribution >= 4 is 11.9 Å². The first-order chi connectivity index (χ1) is 9.72.